The molecule has 0 saturated carbocycles. The second-order valence-electron chi connectivity index (χ2n) is 3.04. The van der Waals surface area contributed by atoms with Gasteiger partial charge in [-0.1, -0.05) is 0 Å². The highest BCUT2D eigenvalue weighted by atomic mass is 19.3. The summed E-state index contributed by atoms with van der Waals surface area (Å²) in [6, 6.07) is 3.55. The Bertz CT molecular complexity index is 523. The molecule has 5 nitrogen and oxygen atoms in total. The van der Waals surface area contributed by atoms with E-state index in [1.54, 1.807) is 6.07 Å². The molecule has 0 saturated heterocycles. The summed E-state index contributed by atoms with van der Waals surface area (Å²) in [6.07, 6.45) is 0.267. The van der Waals surface area contributed by atoms with Crippen molar-refractivity contribution >= 4 is 12.3 Å². The molecule has 0 heterocycles. The van der Waals surface area contributed by atoms with Crippen molar-refractivity contribution in [1.82, 2.24) is 0 Å². The van der Waals surface area contributed by atoms with Crippen LogP contribution >= 0.6 is 0 Å². The number of carbonyl (C=O) groups is 2. The summed E-state index contributed by atoms with van der Waals surface area (Å²) in [5, 5.41) is 8.78. The highest BCUT2D eigenvalue weighted by Gasteiger charge is 2.18. The van der Waals surface area contributed by atoms with E-state index in [1.807, 2.05) is 0 Å². The Morgan fingerprint density at radius 2 is 2.17 bits per heavy atom. The average molecular weight is 255 g/mol. The minimum Gasteiger partial charge on any atom is -0.465 e. The largest absolute Gasteiger partial charge is 0.465 e. The van der Waals surface area contributed by atoms with E-state index in [0.717, 1.165) is 19.2 Å². The molecule has 0 spiro atoms. The maximum Gasteiger partial charge on any atom is 0.387 e. The van der Waals surface area contributed by atoms with Crippen LogP contribution in [0.1, 0.15) is 26.3 Å². The molecule has 0 aromatic heterocycles. The normalized spacial score (nSPS) is 9.72. The van der Waals surface area contributed by atoms with Gasteiger partial charge >= 0.3 is 12.6 Å². The molecule has 0 aliphatic rings. The van der Waals surface area contributed by atoms with Crippen LogP contribution in [0.2, 0.25) is 0 Å². The van der Waals surface area contributed by atoms with Crippen LogP contribution in [-0.2, 0) is 4.74 Å². The molecule has 7 heteroatoms. The van der Waals surface area contributed by atoms with Crippen LogP contribution in [0.25, 0.3) is 0 Å². The third kappa shape index (κ3) is 2.79. The van der Waals surface area contributed by atoms with E-state index in [9.17, 15) is 18.4 Å². The van der Waals surface area contributed by atoms with Crippen LogP contribution in [0.3, 0.4) is 0 Å². The molecule has 0 unspecified atom stereocenters. The fraction of sp³-hybridized carbons (Fsp3) is 0.182. The quantitative estimate of drug-likeness (QED) is 0.605. The van der Waals surface area contributed by atoms with Crippen LogP contribution in [0.4, 0.5) is 8.78 Å². The lowest BCUT2D eigenvalue weighted by Gasteiger charge is -2.09. The first-order valence-corrected chi connectivity index (χ1v) is 4.60. The third-order valence-electron chi connectivity index (χ3n) is 2.01. The predicted octanol–water partition coefficient (Wildman–Crippen LogP) is 1.76. The molecule has 0 fully saturated rings. The number of aldehydes is 1. The molecule has 1 aromatic carbocycles. The van der Waals surface area contributed by atoms with E-state index in [2.05, 4.69) is 9.47 Å². The molecule has 0 radical (unpaired) electrons. The zero-order valence-corrected chi connectivity index (χ0v) is 9.15. The van der Waals surface area contributed by atoms with Gasteiger partial charge in [0.2, 0.25) is 0 Å². The van der Waals surface area contributed by atoms with Gasteiger partial charge in [0.05, 0.1) is 12.7 Å². The van der Waals surface area contributed by atoms with Gasteiger partial charge in [-0.3, -0.25) is 4.79 Å². The molecular formula is C11H7F2NO4. The number of halogens is 2. The standard InChI is InChI=1S/C11H7F2NO4/c1-17-10(16)6-2-7(5-15)8(4-14)9(3-6)18-11(12)13/h2-3,5,11H,1H3. The Morgan fingerprint density at radius 1 is 1.50 bits per heavy atom. The minimum absolute atomic E-state index is 0.158. The van der Waals surface area contributed by atoms with Gasteiger partial charge < -0.3 is 9.47 Å². The van der Waals surface area contributed by atoms with Gasteiger partial charge in [0.1, 0.15) is 17.4 Å². The number of hydrogen-bond acceptors (Lipinski definition) is 5. The van der Waals surface area contributed by atoms with E-state index < -0.39 is 18.3 Å². The fourth-order valence-electron chi connectivity index (χ4n) is 1.27. The van der Waals surface area contributed by atoms with Gasteiger partial charge in [0, 0.05) is 5.56 Å². The zero-order chi connectivity index (χ0) is 13.7. The van der Waals surface area contributed by atoms with Crippen molar-refractivity contribution in [3.8, 4) is 11.8 Å². The van der Waals surface area contributed by atoms with Gasteiger partial charge in [-0.2, -0.15) is 14.0 Å². The lowest BCUT2D eigenvalue weighted by atomic mass is 10.0. The fourth-order valence-corrected chi connectivity index (χ4v) is 1.27. The van der Waals surface area contributed by atoms with Crippen LogP contribution in [-0.4, -0.2) is 26.0 Å². The van der Waals surface area contributed by atoms with E-state index >= 15 is 0 Å². The maximum atomic E-state index is 12.2. The molecule has 0 atom stereocenters. The predicted molar refractivity (Wildman–Crippen MR) is 54.5 cm³/mol. The van der Waals surface area contributed by atoms with Crippen LogP contribution in [0.15, 0.2) is 12.1 Å². The minimum atomic E-state index is -3.18. The Labute approximate surface area is 101 Å². The Balaban J connectivity index is 3.41. The summed E-state index contributed by atoms with van der Waals surface area (Å²) in [6.45, 7) is -3.18. The van der Waals surface area contributed by atoms with Crippen molar-refractivity contribution in [3.63, 3.8) is 0 Å². The Morgan fingerprint density at radius 3 is 2.61 bits per heavy atom. The number of carbonyl (C=O) groups excluding carboxylic acids is 2. The van der Waals surface area contributed by atoms with Crippen LogP contribution in [0, 0.1) is 11.3 Å². The number of benzene rings is 1. The maximum absolute atomic E-state index is 12.2. The number of methoxy groups -OCH3 is 1. The number of nitriles is 1. The number of ether oxygens (including phenoxy) is 2. The summed E-state index contributed by atoms with van der Waals surface area (Å²) in [4.78, 5) is 22.0. The lowest BCUT2D eigenvalue weighted by Crippen LogP contribution is -2.08. The molecule has 0 aliphatic carbocycles. The smallest absolute Gasteiger partial charge is 0.387 e. The lowest BCUT2D eigenvalue weighted by molar-refractivity contribution is -0.0501. The van der Waals surface area contributed by atoms with Crippen molar-refractivity contribution < 1.29 is 27.8 Å². The SMILES string of the molecule is COC(=O)c1cc(C=O)c(C#N)c(OC(F)F)c1. The third-order valence-corrected chi connectivity index (χ3v) is 2.01. The molecule has 0 amide bonds. The van der Waals surface area contributed by atoms with Crippen molar-refractivity contribution in [1.29, 1.82) is 5.26 Å². The summed E-state index contributed by atoms with van der Waals surface area (Å²) in [7, 11) is 1.09. The molecule has 94 valence electrons. The molecule has 0 N–H and O–H groups in total. The van der Waals surface area contributed by atoms with E-state index in [0.29, 0.717) is 0 Å². The number of hydrogen-bond donors (Lipinski definition) is 0. The first-order chi connectivity index (χ1) is 8.53. The van der Waals surface area contributed by atoms with Crippen LogP contribution in [0.5, 0.6) is 5.75 Å². The molecule has 0 bridgehead atoms. The number of alkyl halides is 2. The van der Waals surface area contributed by atoms with Crippen molar-refractivity contribution in [2.24, 2.45) is 0 Å². The molecule has 1 rings (SSSR count). The average Bonchev–Trinajstić information content (AvgIpc) is 2.35. The second kappa shape index (κ2) is 5.72. The number of nitrogens with zero attached hydrogens (tertiary/aromatic N) is 1. The highest BCUT2D eigenvalue weighted by molar-refractivity contribution is 5.93. The van der Waals surface area contributed by atoms with Gasteiger partial charge in [0.15, 0.2) is 6.29 Å². The van der Waals surface area contributed by atoms with Crippen molar-refractivity contribution in [2.75, 3.05) is 7.11 Å². The van der Waals surface area contributed by atoms with E-state index in [1.165, 1.54) is 0 Å². The van der Waals surface area contributed by atoms with Crippen molar-refractivity contribution in [2.45, 2.75) is 6.61 Å². The summed E-state index contributed by atoms with van der Waals surface area (Å²) < 4.78 is 32.8. The number of rotatable bonds is 4. The Kier molecular flexibility index (Phi) is 4.32. The highest BCUT2D eigenvalue weighted by Crippen LogP contribution is 2.25. The van der Waals surface area contributed by atoms with E-state index in [-0.39, 0.29) is 23.0 Å². The summed E-state index contributed by atoms with van der Waals surface area (Å²) in [5.74, 6) is -1.38. The second-order valence-corrected chi connectivity index (χ2v) is 3.04. The first-order valence-electron chi connectivity index (χ1n) is 4.60. The monoisotopic (exact) mass is 255 g/mol. The zero-order valence-electron chi connectivity index (χ0n) is 9.15. The van der Waals surface area contributed by atoms with Gasteiger partial charge in [-0.05, 0) is 12.1 Å². The molecule has 0 aliphatic heterocycles. The van der Waals surface area contributed by atoms with Gasteiger partial charge in [-0.25, -0.2) is 4.79 Å². The van der Waals surface area contributed by atoms with Gasteiger partial charge in [0.25, 0.3) is 0 Å². The van der Waals surface area contributed by atoms with Crippen LogP contribution < -0.4 is 4.74 Å². The summed E-state index contributed by atoms with van der Waals surface area (Å²) in [5.41, 5.74) is -0.747. The van der Waals surface area contributed by atoms with Gasteiger partial charge in [-0.15, -0.1) is 0 Å². The number of esters is 1. The Hall–Kier alpha value is -2.49. The topological polar surface area (TPSA) is 76.4 Å². The molecule has 1 aromatic rings. The van der Waals surface area contributed by atoms with E-state index in [4.69, 9.17) is 5.26 Å². The summed E-state index contributed by atoms with van der Waals surface area (Å²) >= 11 is 0. The molecular weight excluding hydrogens is 248 g/mol. The molecule has 18 heavy (non-hydrogen) atoms. The first kappa shape index (κ1) is 13.6. The van der Waals surface area contributed by atoms with Crippen molar-refractivity contribution in [3.05, 3.63) is 28.8 Å².